The molecule has 7 heteroatoms. The number of sulfonamides is 1. The highest BCUT2D eigenvalue weighted by atomic mass is 32.2. The first-order valence-corrected chi connectivity index (χ1v) is 11.6. The number of para-hydroxylation sites is 1. The van der Waals surface area contributed by atoms with Crippen molar-refractivity contribution < 1.29 is 17.9 Å². The number of anilines is 1. The Morgan fingerprint density at radius 3 is 2.13 bits per heavy atom. The van der Waals surface area contributed by atoms with Crippen LogP contribution in [0, 0.1) is 0 Å². The van der Waals surface area contributed by atoms with Crippen molar-refractivity contribution >= 4 is 21.6 Å². The first-order valence-electron chi connectivity index (χ1n) is 10.1. The fourth-order valence-electron chi connectivity index (χ4n) is 3.16. The van der Waals surface area contributed by atoms with Gasteiger partial charge in [0, 0.05) is 13.1 Å². The number of benzene rings is 3. The molecular formula is C24H26N2O4S. The zero-order chi connectivity index (χ0) is 22.3. The monoisotopic (exact) mass is 438 g/mol. The van der Waals surface area contributed by atoms with Crippen LogP contribution in [0.25, 0.3) is 0 Å². The number of hydrogen-bond donors (Lipinski definition) is 1. The standard InChI is InChI=1S/C24H26N2O4S/c1-3-26(4-2)31(28,29)21-15-16-23(30-20-13-9-6-10-14-20)22(18-21)25-24(27)17-19-11-7-5-8-12-19/h5-16,18H,3-4,17H2,1-2H3,(H,25,27). The van der Waals surface area contributed by atoms with Crippen LogP contribution in [-0.4, -0.2) is 31.7 Å². The summed E-state index contributed by atoms with van der Waals surface area (Å²) in [4.78, 5) is 12.8. The van der Waals surface area contributed by atoms with Gasteiger partial charge in [0.1, 0.15) is 5.75 Å². The van der Waals surface area contributed by atoms with Crippen LogP contribution in [0.4, 0.5) is 5.69 Å². The third-order valence-electron chi connectivity index (χ3n) is 4.75. The molecule has 0 saturated carbocycles. The summed E-state index contributed by atoms with van der Waals surface area (Å²) in [5.41, 5.74) is 1.16. The molecule has 0 saturated heterocycles. The lowest BCUT2D eigenvalue weighted by molar-refractivity contribution is -0.115. The van der Waals surface area contributed by atoms with E-state index in [0.29, 0.717) is 30.3 Å². The topological polar surface area (TPSA) is 75.7 Å². The van der Waals surface area contributed by atoms with Crippen molar-refractivity contribution in [3.63, 3.8) is 0 Å². The Morgan fingerprint density at radius 1 is 0.903 bits per heavy atom. The summed E-state index contributed by atoms with van der Waals surface area (Å²) in [6, 6.07) is 23.0. The number of hydrogen-bond acceptors (Lipinski definition) is 4. The molecule has 0 aliphatic carbocycles. The Labute approximate surface area is 183 Å². The summed E-state index contributed by atoms with van der Waals surface area (Å²) in [5, 5.41) is 2.82. The summed E-state index contributed by atoms with van der Waals surface area (Å²) < 4.78 is 33.2. The van der Waals surface area contributed by atoms with Gasteiger partial charge in [-0.3, -0.25) is 4.79 Å². The lowest BCUT2D eigenvalue weighted by atomic mass is 10.1. The van der Waals surface area contributed by atoms with E-state index in [1.807, 2.05) is 48.5 Å². The molecule has 3 aromatic rings. The first-order chi connectivity index (χ1) is 14.9. The number of carbonyl (C=O) groups is 1. The van der Waals surface area contributed by atoms with E-state index in [2.05, 4.69) is 5.32 Å². The van der Waals surface area contributed by atoms with Crippen molar-refractivity contribution in [3.05, 3.63) is 84.4 Å². The molecule has 31 heavy (non-hydrogen) atoms. The SMILES string of the molecule is CCN(CC)S(=O)(=O)c1ccc(Oc2ccccc2)c(NC(=O)Cc2ccccc2)c1. The molecule has 0 atom stereocenters. The summed E-state index contributed by atoms with van der Waals surface area (Å²) in [7, 11) is -3.68. The van der Waals surface area contributed by atoms with E-state index < -0.39 is 10.0 Å². The van der Waals surface area contributed by atoms with Gasteiger partial charge in [0.15, 0.2) is 5.75 Å². The highest BCUT2D eigenvalue weighted by Crippen LogP contribution is 2.33. The van der Waals surface area contributed by atoms with Crippen molar-refractivity contribution in [2.75, 3.05) is 18.4 Å². The van der Waals surface area contributed by atoms with Crippen molar-refractivity contribution in [3.8, 4) is 11.5 Å². The lowest BCUT2D eigenvalue weighted by Gasteiger charge is -2.20. The predicted octanol–water partition coefficient (Wildman–Crippen LogP) is 4.69. The quantitative estimate of drug-likeness (QED) is 0.526. The largest absolute Gasteiger partial charge is 0.455 e. The molecule has 0 heterocycles. The Bertz CT molecular complexity index is 1110. The molecule has 0 spiro atoms. The number of ether oxygens (including phenoxy) is 1. The van der Waals surface area contributed by atoms with Crippen LogP contribution < -0.4 is 10.1 Å². The predicted molar refractivity (Wildman–Crippen MR) is 122 cm³/mol. The third-order valence-corrected chi connectivity index (χ3v) is 6.79. The summed E-state index contributed by atoms with van der Waals surface area (Å²) >= 11 is 0. The maximum Gasteiger partial charge on any atom is 0.243 e. The maximum atomic E-state index is 13.0. The Balaban J connectivity index is 1.94. The van der Waals surface area contributed by atoms with Crippen LogP contribution in [0.2, 0.25) is 0 Å². The van der Waals surface area contributed by atoms with Crippen molar-refractivity contribution in [2.24, 2.45) is 0 Å². The van der Waals surface area contributed by atoms with Crippen LogP contribution in [0.5, 0.6) is 11.5 Å². The molecule has 0 bridgehead atoms. The van der Waals surface area contributed by atoms with E-state index in [4.69, 9.17) is 4.74 Å². The van der Waals surface area contributed by atoms with E-state index in [1.54, 1.807) is 32.0 Å². The molecule has 0 radical (unpaired) electrons. The molecule has 162 valence electrons. The highest BCUT2D eigenvalue weighted by molar-refractivity contribution is 7.89. The van der Waals surface area contributed by atoms with Gasteiger partial charge in [-0.05, 0) is 35.9 Å². The van der Waals surface area contributed by atoms with Crippen LogP contribution in [0.15, 0.2) is 83.8 Å². The zero-order valence-electron chi connectivity index (χ0n) is 17.6. The minimum absolute atomic E-state index is 0.103. The number of nitrogens with one attached hydrogen (secondary N) is 1. The van der Waals surface area contributed by atoms with Gasteiger partial charge in [0.25, 0.3) is 0 Å². The number of rotatable bonds is 9. The highest BCUT2D eigenvalue weighted by Gasteiger charge is 2.23. The van der Waals surface area contributed by atoms with Gasteiger partial charge in [-0.25, -0.2) is 8.42 Å². The van der Waals surface area contributed by atoms with Gasteiger partial charge in [0.2, 0.25) is 15.9 Å². The molecule has 0 aliphatic heterocycles. The molecule has 6 nitrogen and oxygen atoms in total. The molecule has 3 rings (SSSR count). The smallest absolute Gasteiger partial charge is 0.243 e. The van der Waals surface area contributed by atoms with E-state index >= 15 is 0 Å². The van der Waals surface area contributed by atoms with Crippen molar-refractivity contribution in [2.45, 2.75) is 25.2 Å². The second kappa shape index (κ2) is 10.2. The molecular weight excluding hydrogens is 412 g/mol. The molecule has 0 aliphatic rings. The maximum absolute atomic E-state index is 13.0. The average molecular weight is 439 g/mol. The normalized spacial score (nSPS) is 11.3. The summed E-state index contributed by atoms with van der Waals surface area (Å²) in [6.45, 7) is 4.29. The van der Waals surface area contributed by atoms with E-state index in [0.717, 1.165) is 5.56 Å². The average Bonchev–Trinajstić information content (AvgIpc) is 2.77. The minimum atomic E-state index is -3.68. The fraction of sp³-hybridized carbons (Fsp3) is 0.208. The lowest BCUT2D eigenvalue weighted by Crippen LogP contribution is -2.30. The third kappa shape index (κ3) is 5.71. The van der Waals surface area contributed by atoms with Gasteiger partial charge < -0.3 is 10.1 Å². The molecule has 0 unspecified atom stereocenters. The second-order valence-corrected chi connectivity index (χ2v) is 8.81. The fourth-order valence-corrected chi connectivity index (χ4v) is 4.64. The Hall–Kier alpha value is -3.16. The van der Waals surface area contributed by atoms with E-state index in [-0.39, 0.29) is 17.2 Å². The number of nitrogens with zero attached hydrogens (tertiary/aromatic N) is 1. The molecule has 1 amide bonds. The zero-order valence-corrected chi connectivity index (χ0v) is 18.4. The van der Waals surface area contributed by atoms with Crippen LogP contribution in [0.3, 0.4) is 0 Å². The van der Waals surface area contributed by atoms with Gasteiger partial charge in [-0.15, -0.1) is 0 Å². The Kier molecular flexibility index (Phi) is 7.44. The van der Waals surface area contributed by atoms with Gasteiger partial charge in [-0.1, -0.05) is 62.4 Å². The van der Waals surface area contributed by atoms with Gasteiger partial charge in [0.05, 0.1) is 17.0 Å². The Morgan fingerprint density at radius 2 is 1.52 bits per heavy atom. The minimum Gasteiger partial charge on any atom is -0.455 e. The van der Waals surface area contributed by atoms with Gasteiger partial charge >= 0.3 is 0 Å². The first kappa shape index (κ1) is 22.5. The van der Waals surface area contributed by atoms with Gasteiger partial charge in [-0.2, -0.15) is 4.31 Å². The van der Waals surface area contributed by atoms with Crippen LogP contribution in [0.1, 0.15) is 19.4 Å². The van der Waals surface area contributed by atoms with Crippen LogP contribution >= 0.6 is 0 Å². The summed E-state index contributed by atoms with van der Waals surface area (Å²) in [5.74, 6) is 0.688. The van der Waals surface area contributed by atoms with E-state index in [9.17, 15) is 13.2 Å². The summed E-state index contributed by atoms with van der Waals surface area (Å²) in [6.07, 6.45) is 0.165. The second-order valence-electron chi connectivity index (χ2n) is 6.87. The molecule has 3 aromatic carbocycles. The van der Waals surface area contributed by atoms with Crippen molar-refractivity contribution in [1.82, 2.24) is 4.31 Å². The van der Waals surface area contributed by atoms with Crippen molar-refractivity contribution in [1.29, 1.82) is 0 Å². The molecule has 0 fully saturated rings. The number of amides is 1. The number of carbonyl (C=O) groups excluding carboxylic acids is 1. The van der Waals surface area contributed by atoms with E-state index in [1.165, 1.54) is 16.4 Å². The molecule has 1 N–H and O–H groups in total. The molecule has 0 aromatic heterocycles. The van der Waals surface area contributed by atoms with Crippen LogP contribution in [-0.2, 0) is 21.2 Å².